The molecule has 0 aliphatic heterocycles. The fourth-order valence-electron chi connectivity index (χ4n) is 2.97. The van der Waals surface area contributed by atoms with Crippen molar-refractivity contribution in [3.63, 3.8) is 0 Å². The Kier molecular flexibility index (Phi) is 6.69. The first kappa shape index (κ1) is 22.0. The number of likely N-dealkylation sites (N-methyl/N-ethyl adjacent to an activating group) is 1. The van der Waals surface area contributed by atoms with E-state index in [1.807, 2.05) is 13.8 Å². The van der Waals surface area contributed by atoms with Gasteiger partial charge in [0.05, 0.1) is 5.39 Å². The third kappa shape index (κ3) is 5.28. The number of anilines is 1. The van der Waals surface area contributed by atoms with Gasteiger partial charge in [0, 0.05) is 31.7 Å². The summed E-state index contributed by atoms with van der Waals surface area (Å²) >= 11 is 0. The zero-order chi connectivity index (χ0) is 22.5. The number of carbonyl (C=O) groups excluding carboxylic acids is 2. The van der Waals surface area contributed by atoms with Gasteiger partial charge in [-0.3, -0.25) is 14.4 Å². The van der Waals surface area contributed by atoms with E-state index < -0.39 is 5.91 Å². The molecule has 2 aromatic carbocycles. The van der Waals surface area contributed by atoms with Crippen LogP contribution in [0.1, 0.15) is 24.3 Å². The van der Waals surface area contributed by atoms with Crippen LogP contribution in [-0.2, 0) is 11.3 Å². The number of benzene rings is 2. The summed E-state index contributed by atoms with van der Waals surface area (Å²) in [4.78, 5) is 38.8. The van der Waals surface area contributed by atoms with E-state index in [-0.39, 0.29) is 29.7 Å². The van der Waals surface area contributed by atoms with E-state index in [1.54, 1.807) is 62.6 Å². The summed E-state index contributed by atoms with van der Waals surface area (Å²) in [5.74, 6) is 0.161. The highest BCUT2D eigenvalue weighted by atomic mass is 16.5. The van der Waals surface area contributed by atoms with E-state index in [0.717, 1.165) is 0 Å². The van der Waals surface area contributed by atoms with Gasteiger partial charge in [0.2, 0.25) is 0 Å². The van der Waals surface area contributed by atoms with E-state index in [4.69, 9.17) is 4.74 Å². The molecule has 1 N–H and O–H groups in total. The average molecular weight is 422 g/mol. The number of fused-ring (bicyclic) bond motifs is 1. The molecule has 0 saturated heterocycles. The molecule has 1 aromatic heterocycles. The van der Waals surface area contributed by atoms with Gasteiger partial charge < -0.3 is 15.0 Å². The molecule has 0 saturated carbocycles. The normalized spacial score (nSPS) is 10.9. The Morgan fingerprint density at radius 3 is 2.32 bits per heavy atom. The summed E-state index contributed by atoms with van der Waals surface area (Å²) in [7, 11) is 3.32. The number of hydrogen-bond donors (Lipinski definition) is 1. The molecular formula is C23H26N4O4. The molecule has 0 radical (unpaired) electrons. The lowest BCUT2D eigenvalue weighted by molar-refractivity contribution is -0.130. The minimum absolute atomic E-state index is 0.0635. The first-order valence-electron chi connectivity index (χ1n) is 10.0. The highest BCUT2D eigenvalue weighted by molar-refractivity contribution is 6.11. The second kappa shape index (κ2) is 9.42. The monoisotopic (exact) mass is 422 g/mol. The van der Waals surface area contributed by atoms with Crippen molar-refractivity contribution in [2.24, 2.45) is 5.92 Å². The molecule has 0 aliphatic rings. The number of hydrogen-bond acceptors (Lipinski definition) is 5. The van der Waals surface area contributed by atoms with E-state index in [1.165, 1.54) is 9.58 Å². The number of aromatic nitrogens is 2. The van der Waals surface area contributed by atoms with Crippen molar-refractivity contribution in [2.75, 3.05) is 26.0 Å². The molecule has 8 heteroatoms. The molecule has 31 heavy (non-hydrogen) atoms. The largest absolute Gasteiger partial charge is 0.484 e. The summed E-state index contributed by atoms with van der Waals surface area (Å²) in [6.07, 6.45) is 0. The van der Waals surface area contributed by atoms with Crippen LogP contribution in [0, 0.1) is 5.92 Å². The molecule has 3 aromatic rings. The highest BCUT2D eigenvalue weighted by Gasteiger charge is 2.17. The molecule has 3 rings (SSSR count). The fraction of sp³-hybridized carbons (Fsp3) is 0.304. The van der Waals surface area contributed by atoms with Gasteiger partial charge in [0.1, 0.15) is 5.75 Å². The van der Waals surface area contributed by atoms with Crippen LogP contribution in [0.3, 0.4) is 0 Å². The maximum atomic E-state index is 13.0. The topological polar surface area (TPSA) is 93.5 Å². The third-order valence-corrected chi connectivity index (χ3v) is 4.59. The summed E-state index contributed by atoms with van der Waals surface area (Å²) in [6.45, 7) is 4.32. The van der Waals surface area contributed by atoms with Crippen LogP contribution >= 0.6 is 0 Å². The lowest BCUT2D eigenvalue weighted by atomic mass is 10.1. The molecule has 0 aliphatic carbocycles. The standard InChI is InChI=1S/C23H26N4O4/c1-15(2)13-27-23(30)19-8-6-5-7-18(19)21(25-27)22(29)24-16-9-11-17(12-10-16)31-14-20(28)26(3)4/h5-12,15H,13-14H2,1-4H3,(H,24,29). The van der Waals surface area contributed by atoms with Crippen LogP contribution in [-0.4, -0.2) is 47.2 Å². The van der Waals surface area contributed by atoms with Crippen LogP contribution < -0.4 is 15.6 Å². The number of carbonyl (C=O) groups is 2. The molecule has 0 atom stereocenters. The van der Waals surface area contributed by atoms with Crippen molar-refractivity contribution in [3.8, 4) is 5.75 Å². The highest BCUT2D eigenvalue weighted by Crippen LogP contribution is 2.19. The number of amides is 2. The van der Waals surface area contributed by atoms with Gasteiger partial charge in [-0.05, 0) is 36.2 Å². The quantitative estimate of drug-likeness (QED) is 0.632. The summed E-state index contributed by atoms with van der Waals surface area (Å²) in [5, 5.41) is 8.12. The zero-order valence-corrected chi connectivity index (χ0v) is 18.1. The number of nitrogens with zero attached hydrogens (tertiary/aromatic N) is 3. The summed E-state index contributed by atoms with van der Waals surface area (Å²) < 4.78 is 6.79. The fourth-order valence-corrected chi connectivity index (χ4v) is 2.97. The van der Waals surface area contributed by atoms with Crippen molar-refractivity contribution >= 4 is 28.3 Å². The van der Waals surface area contributed by atoms with Gasteiger partial charge in [0.15, 0.2) is 12.3 Å². The molecule has 162 valence electrons. The SMILES string of the molecule is CC(C)Cn1nc(C(=O)Nc2ccc(OCC(=O)N(C)C)cc2)c2ccccc2c1=O. The van der Waals surface area contributed by atoms with Crippen molar-refractivity contribution in [2.45, 2.75) is 20.4 Å². The lowest BCUT2D eigenvalue weighted by Crippen LogP contribution is -2.29. The second-order valence-electron chi connectivity index (χ2n) is 7.83. The minimum Gasteiger partial charge on any atom is -0.484 e. The third-order valence-electron chi connectivity index (χ3n) is 4.59. The molecule has 0 bridgehead atoms. The van der Waals surface area contributed by atoms with E-state index in [2.05, 4.69) is 10.4 Å². The van der Waals surface area contributed by atoms with Gasteiger partial charge >= 0.3 is 0 Å². The van der Waals surface area contributed by atoms with Crippen LogP contribution in [0.5, 0.6) is 5.75 Å². The van der Waals surface area contributed by atoms with Crippen molar-refractivity contribution in [1.29, 1.82) is 0 Å². The van der Waals surface area contributed by atoms with E-state index in [0.29, 0.717) is 28.8 Å². The maximum absolute atomic E-state index is 13.0. The summed E-state index contributed by atoms with van der Waals surface area (Å²) in [6, 6.07) is 13.7. The first-order valence-corrected chi connectivity index (χ1v) is 10.0. The molecular weight excluding hydrogens is 396 g/mol. The smallest absolute Gasteiger partial charge is 0.276 e. The van der Waals surface area contributed by atoms with Crippen LogP contribution in [0.2, 0.25) is 0 Å². The molecule has 8 nitrogen and oxygen atoms in total. The number of nitrogens with one attached hydrogen (secondary N) is 1. The van der Waals surface area contributed by atoms with Gasteiger partial charge in [-0.2, -0.15) is 5.10 Å². The molecule has 2 amide bonds. The van der Waals surface area contributed by atoms with Crippen molar-refractivity contribution < 1.29 is 14.3 Å². The van der Waals surface area contributed by atoms with E-state index in [9.17, 15) is 14.4 Å². The molecule has 1 heterocycles. The Labute approximate surface area is 180 Å². The molecule has 0 spiro atoms. The van der Waals surface area contributed by atoms with Crippen LogP contribution in [0.4, 0.5) is 5.69 Å². The minimum atomic E-state index is -0.412. The van der Waals surface area contributed by atoms with Crippen molar-refractivity contribution in [1.82, 2.24) is 14.7 Å². The van der Waals surface area contributed by atoms with Gasteiger partial charge in [-0.15, -0.1) is 0 Å². The van der Waals surface area contributed by atoms with Crippen LogP contribution in [0.15, 0.2) is 53.3 Å². The zero-order valence-electron chi connectivity index (χ0n) is 18.1. The first-order chi connectivity index (χ1) is 14.8. The van der Waals surface area contributed by atoms with Crippen molar-refractivity contribution in [3.05, 3.63) is 64.6 Å². The van der Waals surface area contributed by atoms with Gasteiger partial charge in [0.25, 0.3) is 17.4 Å². The van der Waals surface area contributed by atoms with E-state index >= 15 is 0 Å². The van der Waals surface area contributed by atoms with Crippen LogP contribution in [0.25, 0.3) is 10.8 Å². The Hall–Kier alpha value is -3.68. The van der Waals surface area contributed by atoms with Gasteiger partial charge in [-0.1, -0.05) is 32.0 Å². The predicted molar refractivity (Wildman–Crippen MR) is 119 cm³/mol. The predicted octanol–water partition coefficient (Wildman–Crippen LogP) is 2.77. The number of rotatable bonds is 7. The maximum Gasteiger partial charge on any atom is 0.276 e. The summed E-state index contributed by atoms with van der Waals surface area (Å²) in [5.41, 5.74) is 0.520. The molecule has 0 unspecified atom stereocenters. The number of ether oxygens (including phenoxy) is 1. The average Bonchev–Trinajstić information content (AvgIpc) is 2.74. The van der Waals surface area contributed by atoms with Gasteiger partial charge in [-0.25, -0.2) is 4.68 Å². The Bertz CT molecular complexity index is 1150. The Morgan fingerprint density at radius 2 is 1.71 bits per heavy atom. The lowest BCUT2D eigenvalue weighted by Gasteiger charge is -2.13. The Balaban J connectivity index is 1.82. The second-order valence-corrected chi connectivity index (χ2v) is 7.83. The molecule has 0 fully saturated rings. The Morgan fingerprint density at radius 1 is 1.06 bits per heavy atom.